The summed E-state index contributed by atoms with van der Waals surface area (Å²) in [6, 6.07) is 44.9. The van der Waals surface area contributed by atoms with Gasteiger partial charge in [-0.25, -0.2) is 0 Å². The number of nitrogens with two attached hydrogens (primary N) is 1. The minimum Gasteiger partial charge on any atom is -0.468 e. The highest BCUT2D eigenvalue weighted by molar-refractivity contribution is 8.00. The van der Waals surface area contributed by atoms with Crippen molar-refractivity contribution in [3.8, 4) is 11.1 Å². The van der Waals surface area contributed by atoms with E-state index in [1.807, 2.05) is 112 Å². The number of nitrogen functional groups attached to an aromatic ring is 1. The van der Waals surface area contributed by atoms with Crippen LogP contribution in [-0.2, 0) is 23.8 Å². The molecule has 0 fully saturated rings. The number of anilines is 1. The smallest absolute Gasteiger partial charge is 0.322 e. The van der Waals surface area contributed by atoms with Crippen LogP contribution in [0, 0.1) is 5.92 Å². The topological polar surface area (TPSA) is 108 Å². The van der Waals surface area contributed by atoms with Crippen LogP contribution in [0.1, 0.15) is 54.2 Å². The van der Waals surface area contributed by atoms with Crippen LogP contribution in [0.3, 0.4) is 0 Å². The number of nitrogens with one attached hydrogen (secondary N) is 1. The fourth-order valence-corrected chi connectivity index (χ4v) is 9.02. The van der Waals surface area contributed by atoms with Gasteiger partial charge < -0.3 is 20.5 Å². The highest BCUT2D eigenvalue weighted by Gasteiger charge is 2.39. The molecule has 0 heterocycles. The van der Waals surface area contributed by atoms with E-state index < -0.39 is 33.5 Å². The van der Waals surface area contributed by atoms with Gasteiger partial charge in [-0.15, -0.1) is 11.8 Å². The van der Waals surface area contributed by atoms with Crippen LogP contribution in [0.25, 0.3) is 11.1 Å². The zero-order valence-corrected chi connectivity index (χ0v) is 33.7. The van der Waals surface area contributed by atoms with Gasteiger partial charge >= 0.3 is 11.9 Å². The summed E-state index contributed by atoms with van der Waals surface area (Å²) in [4.78, 5) is 41.7. The molecule has 0 saturated heterocycles. The summed E-state index contributed by atoms with van der Waals surface area (Å²) in [7, 11) is 1.33. The molecule has 5 aromatic carbocycles. The van der Waals surface area contributed by atoms with Crippen molar-refractivity contribution in [3.05, 3.63) is 162 Å². The fraction of sp³-hybridized carbons (Fsp3) is 0.283. The van der Waals surface area contributed by atoms with Crippen LogP contribution >= 0.6 is 23.5 Å². The number of carbonyl (C=O) groups is 3. The van der Waals surface area contributed by atoms with E-state index in [2.05, 4.69) is 41.7 Å². The van der Waals surface area contributed by atoms with Crippen molar-refractivity contribution in [1.29, 1.82) is 0 Å². The van der Waals surface area contributed by atoms with Crippen LogP contribution in [0.2, 0.25) is 0 Å². The van der Waals surface area contributed by atoms with Gasteiger partial charge in [0.05, 0.1) is 23.0 Å². The maximum Gasteiger partial charge on any atom is 0.322 e. The molecule has 3 N–H and O–H groups in total. The van der Waals surface area contributed by atoms with Gasteiger partial charge in [0, 0.05) is 29.1 Å². The number of esters is 2. The molecule has 3 atom stereocenters. The quantitative estimate of drug-likeness (QED) is 0.0414. The van der Waals surface area contributed by atoms with Gasteiger partial charge in [0.25, 0.3) is 0 Å². The number of rotatable bonds is 17. The molecular weight excluding hydrogens is 725 g/mol. The largest absolute Gasteiger partial charge is 0.468 e. The van der Waals surface area contributed by atoms with Crippen LogP contribution in [0.15, 0.2) is 140 Å². The Balaban J connectivity index is 1.46. The third-order valence-electron chi connectivity index (χ3n) is 9.33. The summed E-state index contributed by atoms with van der Waals surface area (Å²) in [5.41, 5.74) is 11.4. The Morgan fingerprint density at radius 2 is 1.22 bits per heavy atom. The summed E-state index contributed by atoms with van der Waals surface area (Å²) >= 11 is 3.01. The Morgan fingerprint density at radius 3 is 1.69 bits per heavy atom. The summed E-state index contributed by atoms with van der Waals surface area (Å²) in [5, 5.41) is 2.73. The zero-order valence-electron chi connectivity index (χ0n) is 32.1. The zero-order chi connectivity index (χ0) is 39.4. The van der Waals surface area contributed by atoms with Crippen LogP contribution in [-0.4, -0.2) is 60.3 Å². The first kappa shape index (κ1) is 41.3. The van der Waals surface area contributed by atoms with Crippen molar-refractivity contribution < 1.29 is 23.9 Å². The number of carbonyl (C=O) groups excluding carboxylic acids is 3. The summed E-state index contributed by atoms with van der Waals surface area (Å²) in [6.45, 7) is 5.64. The Hall–Kier alpha value is -4.83. The Bertz CT molecular complexity index is 1910. The van der Waals surface area contributed by atoms with E-state index in [0.29, 0.717) is 22.6 Å². The molecule has 2 unspecified atom stereocenters. The molecular formula is C46H50N2O5S2. The van der Waals surface area contributed by atoms with E-state index in [1.165, 1.54) is 18.9 Å². The van der Waals surface area contributed by atoms with Gasteiger partial charge in [0.1, 0.15) is 11.6 Å². The lowest BCUT2D eigenvalue weighted by Crippen LogP contribution is -2.46. The number of methoxy groups -OCH3 is 1. The first-order valence-electron chi connectivity index (χ1n) is 18.3. The maximum absolute atomic E-state index is 14.3. The van der Waals surface area contributed by atoms with Crippen molar-refractivity contribution in [3.63, 3.8) is 0 Å². The molecule has 0 radical (unpaired) electrons. The first-order chi connectivity index (χ1) is 26.5. The van der Waals surface area contributed by atoms with Gasteiger partial charge in [0.2, 0.25) is 0 Å². The van der Waals surface area contributed by atoms with E-state index in [-0.39, 0.29) is 24.7 Å². The molecule has 5 aromatic rings. The molecule has 0 bridgehead atoms. The second-order valence-electron chi connectivity index (χ2n) is 14.3. The minimum absolute atomic E-state index is 0.110. The molecule has 9 heteroatoms. The number of ketones is 1. The summed E-state index contributed by atoms with van der Waals surface area (Å²) in [5.74, 6) is -1.38. The van der Waals surface area contributed by atoms with E-state index in [9.17, 15) is 14.4 Å². The van der Waals surface area contributed by atoms with Crippen molar-refractivity contribution in [2.75, 3.05) is 31.4 Å². The number of Topliss-reactive ketones (excluding diaryl/α,β-unsaturated/α-hetero) is 1. The third-order valence-corrected chi connectivity index (χ3v) is 12.0. The van der Waals surface area contributed by atoms with Gasteiger partial charge in [-0.1, -0.05) is 133 Å². The molecule has 0 aromatic heterocycles. The SMILES string of the molecule is COC(=O)[C@@H](CC(SC)C(=O)c1cccc(N)c1-c1ccccc1)NCC(CSC(c1ccccc1)(c1ccccc1)c1ccccc1)C(=O)OC(C)(C)C. The molecule has 7 nitrogen and oxygen atoms in total. The Morgan fingerprint density at radius 1 is 0.709 bits per heavy atom. The van der Waals surface area contributed by atoms with Crippen molar-refractivity contribution in [2.24, 2.45) is 5.92 Å². The van der Waals surface area contributed by atoms with E-state index in [1.54, 1.807) is 30.0 Å². The minimum atomic E-state index is -0.885. The monoisotopic (exact) mass is 774 g/mol. The van der Waals surface area contributed by atoms with Crippen LogP contribution < -0.4 is 11.1 Å². The predicted molar refractivity (Wildman–Crippen MR) is 227 cm³/mol. The Labute approximate surface area is 333 Å². The third kappa shape index (κ3) is 10.3. The maximum atomic E-state index is 14.3. The molecule has 0 aliphatic heterocycles. The predicted octanol–water partition coefficient (Wildman–Crippen LogP) is 9.05. The number of hydrogen-bond donors (Lipinski definition) is 2. The highest BCUT2D eigenvalue weighted by Crippen LogP contribution is 2.49. The van der Waals surface area contributed by atoms with Gasteiger partial charge in [0.15, 0.2) is 5.78 Å². The van der Waals surface area contributed by atoms with Crippen molar-refractivity contribution in [2.45, 2.75) is 48.8 Å². The van der Waals surface area contributed by atoms with Gasteiger partial charge in [-0.3, -0.25) is 14.4 Å². The average molecular weight is 775 g/mol. The number of ether oxygens (including phenoxy) is 2. The van der Waals surface area contributed by atoms with E-state index in [0.717, 1.165) is 22.3 Å². The Kier molecular flexibility index (Phi) is 14.4. The highest BCUT2D eigenvalue weighted by atomic mass is 32.2. The lowest BCUT2D eigenvalue weighted by Gasteiger charge is -2.37. The van der Waals surface area contributed by atoms with E-state index in [4.69, 9.17) is 15.2 Å². The molecule has 55 heavy (non-hydrogen) atoms. The molecule has 0 aliphatic carbocycles. The fourth-order valence-electron chi connectivity index (χ4n) is 6.68. The van der Waals surface area contributed by atoms with Crippen molar-refractivity contribution in [1.82, 2.24) is 5.32 Å². The standard InChI is InChI=1S/C46H50N2O5S2/c1-45(2,3)53-43(50)33(31-55-46(34-21-12-7-13-22-34,35-23-14-8-15-24-35)36-25-16-9-17-26-36)30-48-39(44(51)52-4)29-40(54-5)42(49)37-27-18-28-38(47)41(37)32-19-10-6-11-20-32/h6-28,33,39-40,48H,29-31,47H2,1-5H3/t33?,39-,40?/m1/s1. The first-order valence-corrected chi connectivity index (χ1v) is 20.6. The van der Waals surface area contributed by atoms with Crippen LogP contribution in [0.5, 0.6) is 0 Å². The molecule has 5 rings (SSSR count). The van der Waals surface area contributed by atoms with Gasteiger partial charge in [-0.05, 0) is 61.8 Å². The summed E-state index contributed by atoms with van der Waals surface area (Å²) in [6.07, 6.45) is 1.98. The molecule has 0 saturated carbocycles. The lowest BCUT2D eigenvalue weighted by molar-refractivity contribution is -0.159. The molecule has 0 aliphatic rings. The number of hydrogen-bond acceptors (Lipinski definition) is 9. The normalized spacial score (nSPS) is 13.3. The number of benzene rings is 5. The average Bonchev–Trinajstić information content (AvgIpc) is 3.20. The second kappa shape index (κ2) is 19.2. The van der Waals surface area contributed by atoms with Crippen molar-refractivity contribution >= 4 is 46.9 Å². The molecule has 0 amide bonds. The second-order valence-corrected chi connectivity index (χ2v) is 16.5. The van der Waals surface area contributed by atoms with Crippen LogP contribution in [0.4, 0.5) is 5.69 Å². The molecule has 286 valence electrons. The summed E-state index contributed by atoms with van der Waals surface area (Å²) < 4.78 is 10.6. The number of thioether (sulfide) groups is 2. The van der Waals surface area contributed by atoms with E-state index >= 15 is 0 Å². The van der Waals surface area contributed by atoms with Gasteiger partial charge in [-0.2, -0.15) is 11.8 Å². The lowest BCUT2D eigenvalue weighted by atomic mass is 9.84. The molecule has 0 spiro atoms.